The lowest BCUT2D eigenvalue weighted by Gasteiger charge is -2.08. The summed E-state index contributed by atoms with van der Waals surface area (Å²) in [6.45, 7) is 2.08. The standard InChI is InChI=1S/C38H20N2O2/c1-20-16-21(19-39)10-11-23(20)22-17-30-26-12-14-28-24-6-2-4-8-32(24)41-37(28)35(26)40-34(30)31(18-22)27-13-15-29-25-7-3-5-9-33(25)42-38(29)36(27)40/h2-18H,1H3. The average molecular weight is 537 g/mol. The molecule has 0 atom stereocenters. The second kappa shape index (κ2) is 7.48. The molecule has 0 spiro atoms. The maximum absolute atomic E-state index is 9.46. The summed E-state index contributed by atoms with van der Waals surface area (Å²) in [4.78, 5) is 0. The third kappa shape index (κ3) is 2.57. The van der Waals surface area contributed by atoms with Crippen LogP contribution in [0, 0.1) is 18.3 Å². The van der Waals surface area contributed by atoms with E-state index in [4.69, 9.17) is 8.83 Å². The Labute approximate surface area is 238 Å². The van der Waals surface area contributed by atoms with Crippen LogP contribution in [0.25, 0.3) is 93.1 Å². The summed E-state index contributed by atoms with van der Waals surface area (Å²) in [5, 5.41) is 18.5. The van der Waals surface area contributed by atoms with Crippen LogP contribution in [0.3, 0.4) is 0 Å². The van der Waals surface area contributed by atoms with Crippen molar-refractivity contribution in [2.75, 3.05) is 0 Å². The van der Waals surface area contributed by atoms with Crippen molar-refractivity contribution in [1.29, 1.82) is 5.26 Å². The summed E-state index contributed by atoms with van der Waals surface area (Å²) in [7, 11) is 0. The number of nitriles is 1. The maximum atomic E-state index is 9.46. The SMILES string of the molecule is Cc1cc(C#N)ccc1-c1cc2c3ccc4c5ccccc5oc4c3n3c2c(c1)c1ccc2c4ccccc4oc2c13. The zero-order chi connectivity index (χ0) is 27.7. The van der Waals surface area contributed by atoms with E-state index in [0.717, 1.165) is 87.9 Å². The van der Waals surface area contributed by atoms with E-state index in [0.29, 0.717) is 5.56 Å². The van der Waals surface area contributed by atoms with Crippen LogP contribution in [-0.2, 0) is 0 Å². The Kier molecular flexibility index (Phi) is 3.91. The summed E-state index contributed by atoms with van der Waals surface area (Å²) in [5.74, 6) is 0. The fourth-order valence-corrected chi connectivity index (χ4v) is 7.26. The molecule has 0 N–H and O–H groups in total. The van der Waals surface area contributed by atoms with Crippen LogP contribution in [0.2, 0.25) is 0 Å². The van der Waals surface area contributed by atoms with E-state index < -0.39 is 0 Å². The quantitative estimate of drug-likeness (QED) is 0.210. The van der Waals surface area contributed by atoms with Crippen molar-refractivity contribution < 1.29 is 8.83 Å². The molecular weight excluding hydrogens is 516 g/mol. The van der Waals surface area contributed by atoms with Crippen molar-refractivity contribution in [3.63, 3.8) is 0 Å². The summed E-state index contributed by atoms with van der Waals surface area (Å²) < 4.78 is 15.6. The number of para-hydroxylation sites is 2. The highest BCUT2D eigenvalue weighted by molar-refractivity contribution is 6.31. The van der Waals surface area contributed by atoms with Crippen LogP contribution in [-0.4, -0.2) is 4.40 Å². The van der Waals surface area contributed by atoms with Gasteiger partial charge in [-0.1, -0.05) is 54.6 Å². The second-order valence-corrected chi connectivity index (χ2v) is 11.3. The van der Waals surface area contributed by atoms with Crippen molar-refractivity contribution >= 4 is 82.0 Å². The van der Waals surface area contributed by atoms with Crippen LogP contribution in [0.4, 0.5) is 0 Å². The minimum atomic E-state index is 0.670. The highest BCUT2D eigenvalue weighted by atomic mass is 16.3. The Bertz CT molecular complexity index is 2660. The van der Waals surface area contributed by atoms with Gasteiger partial charge in [0, 0.05) is 43.1 Å². The number of hydrogen-bond donors (Lipinski definition) is 0. The number of nitrogens with zero attached hydrogens (tertiary/aromatic N) is 2. The number of aromatic nitrogens is 1. The highest BCUT2D eigenvalue weighted by Crippen LogP contribution is 2.47. The molecule has 10 rings (SSSR count). The summed E-state index contributed by atoms with van der Waals surface area (Å²) >= 11 is 0. The Morgan fingerprint density at radius 1 is 0.548 bits per heavy atom. The lowest BCUT2D eigenvalue weighted by molar-refractivity contribution is 0.670. The van der Waals surface area contributed by atoms with E-state index in [2.05, 4.69) is 84.1 Å². The summed E-state index contributed by atoms with van der Waals surface area (Å²) in [6, 6.07) is 38.1. The third-order valence-electron chi connectivity index (χ3n) is 9.07. The molecule has 0 fully saturated rings. The molecule has 0 bridgehead atoms. The van der Waals surface area contributed by atoms with Crippen molar-refractivity contribution in [3.8, 4) is 17.2 Å². The van der Waals surface area contributed by atoms with E-state index >= 15 is 0 Å². The Hall–Kier alpha value is -5.79. The van der Waals surface area contributed by atoms with Gasteiger partial charge in [0.15, 0.2) is 11.2 Å². The van der Waals surface area contributed by atoms with Crippen molar-refractivity contribution in [2.45, 2.75) is 6.92 Å². The predicted molar refractivity (Wildman–Crippen MR) is 171 cm³/mol. The van der Waals surface area contributed by atoms with Crippen LogP contribution in [0.1, 0.15) is 11.1 Å². The number of benzene rings is 6. The largest absolute Gasteiger partial charge is 0.454 e. The monoisotopic (exact) mass is 536 g/mol. The minimum Gasteiger partial charge on any atom is -0.454 e. The van der Waals surface area contributed by atoms with Gasteiger partial charge in [-0.2, -0.15) is 5.26 Å². The van der Waals surface area contributed by atoms with Gasteiger partial charge in [0.2, 0.25) is 0 Å². The van der Waals surface area contributed by atoms with Gasteiger partial charge < -0.3 is 13.2 Å². The first-order valence-electron chi connectivity index (χ1n) is 14.1. The number of hydrogen-bond acceptors (Lipinski definition) is 3. The normalized spacial score (nSPS) is 12.4. The maximum Gasteiger partial charge on any atom is 0.160 e. The smallest absolute Gasteiger partial charge is 0.160 e. The first kappa shape index (κ1) is 22.0. The van der Waals surface area contributed by atoms with E-state index in [1.54, 1.807) is 0 Å². The van der Waals surface area contributed by atoms with Gasteiger partial charge in [0.05, 0.1) is 28.2 Å². The molecule has 0 unspecified atom stereocenters. The van der Waals surface area contributed by atoms with E-state index in [-0.39, 0.29) is 0 Å². The lowest BCUT2D eigenvalue weighted by atomic mass is 9.95. The van der Waals surface area contributed by atoms with E-state index in [9.17, 15) is 5.26 Å². The first-order valence-corrected chi connectivity index (χ1v) is 14.1. The van der Waals surface area contributed by atoms with Gasteiger partial charge in [-0.3, -0.25) is 0 Å². The third-order valence-corrected chi connectivity index (χ3v) is 9.07. The molecule has 4 nitrogen and oxygen atoms in total. The number of rotatable bonds is 1. The van der Waals surface area contributed by atoms with Gasteiger partial charge in [-0.05, 0) is 72.1 Å². The van der Waals surface area contributed by atoms with Crippen molar-refractivity contribution in [2.24, 2.45) is 0 Å². The predicted octanol–water partition coefficient (Wildman–Crippen LogP) is 10.5. The lowest BCUT2D eigenvalue weighted by Crippen LogP contribution is -1.86. The fourth-order valence-electron chi connectivity index (χ4n) is 7.26. The fraction of sp³-hybridized carbons (Fsp3) is 0.0263. The zero-order valence-electron chi connectivity index (χ0n) is 22.5. The van der Waals surface area contributed by atoms with Gasteiger partial charge in [-0.15, -0.1) is 0 Å². The molecule has 4 heterocycles. The molecule has 0 saturated carbocycles. The second-order valence-electron chi connectivity index (χ2n) is 11.3. The summed E-state index contributed by atoms with van der Waals surface area (Å²) in [5.41, 5.74) is 10.8. The molecule has 0 aliphatic heterocycles. The van der Waals surface area contributed by atoms with Gasteiger partial charge in [0.25, 0.3) is 0 Å². The zero-order valence-corrected chi connectivity index (χ0v) is 22.5. The molecule has 0 saturated heterocycles. The van der Waals surface area contributed by atoms with Crippen LogP contribution in [0.5, 0.6) is 0 Å². The Morgan fingerprint density at radius 3 is 1.64 bits per heavy atom. The van der Waals surface area contributed by atoms with E-state index in [1.807, 2.05) is 36.4 Å². The molecule has 10 aromatic rings. The molecule has 194 valence electrons. The molecule has 0 amide bonds. The molecule has 42 heavy (non-hydrogen) atoms. The van der Waals surface area contributed by atoms with Crippen LogP contribution in [0.15, 0.2) is 112 Å². The average Bonchev–Trinajstić information content (AvgIpc) is 3.76. The Morgan fingerprint density at radius 2 is 1.10 bits per heavy atom. The number of aryl methyl sites for hydroxylation is 1. The first-order chi connectivity index (χ1) is 20.7. The highest BCUT2D eigenvalue weighted by Gasteiger charge is 2.25. The van der Waals surface area contributed by atoms with Crippen LogP contribution >= 0.6 is 0 Å². The van der Waals surface area contributed by atoms with Crippen molar-refractivity contribution in [3.05, 3.63) is 114 Å². The molecule has 0 aliphatic rings. The van der Waals surface area contributed by atoms with E-state index in [1.165, 1.54) is 10.8 Å². The van der Waals surface area contributed by atoms with Crippen molar-refractivity contribution in [1.82, 2.24) is 4.40 Å². The van der Waals surface area contributed by atoms with Gasteiger partial charge in [-0.25, -0.2) is 0 Å². The molecule has 6 aromatic carbocycles. The van der Waals surface area contributed by atoms with Gasteiger partial charge in [0.1, 0.15) is 11.2 Å². The van der Waals surface area contributed by atoms with Crippen LogP contribution < -0.4 is 0 Å². The molecule has 4 aromatic heterocycles. The number of fused-ring (bicyclic) bond motifs is 14. The minimum absolute atomic E-state index is 0.670. The molecule has 4 heteroatoms. The molecule has 0 aliphatic carbocycles. The van der Waals surface area contributed by atoms with Gasteiger partial charge >= 0.3 is 0 Å². The Balaban J connectivity index is 1.48. The topological polar surface area (TPSA) is 54.5 Å². The summed E-state index contributed by atoms with van der Waals surface area (Å²) in [6.07, 6.45) is 0. The number of furan rings is 2. The molecule has 0 radical (unpaired) electrons. The molecular formula is C38H20N2O2.